The second-order valence-electron chi connectivity index (χ2n) is 9.86. The van der Waals surface area contributed by atoms with Gasteiger partial charge in [-0.3, -0.25) is 13.9 Å². The highest BCUT2D eigenvalue weighted by molar-refractivity contribution is 7.92. The van der Waals surface area contributed by atoms with E-state index >= 15 is 0 Å². The molecule has 0 aliphatic heterocycles. The first kappa shape index (κ1) is 30.7. The number of benzene rings is 3. The summed E-state index contributed by atoms with van der Waals surface area (Å²) in [5.41, 5.74) is 3.84. The fourth-order valence-corrected chi connectivity index (χ4v) is 6.00. The van der Waals surface area contributed by atoms with Gasteiger partial charge in [-0.15, -0.1) is 0 Å². The van der Waals surface area contributed by atoms with E-state index in [9.17, 15) is 18.0 Å². The Morgan fingerprint density at radius 3 is 2.00 bits per heavy atom. The molecule has 0 spiro atoms. The van der Waals surface area contributed by atoms with Crippen LogP contribution in [-0.4, -0.2) is 51.4 Å². The summed E-state index contributed by atoms with van der Waals surface area (Å²) in [5.74, 6) is -0.0995. The average molecular weight is 566 g/mol. The molecule has 2 amide bonds. The Balaban J connectivity index is 2.08. The van der Waals surface area contributed by atoms with Gasteiger partial charge in [-0.2, -0.15) is 0 Å². The van der Waals surface area contributed by atoms with Gasteiger partial charge in [0.1, 0.15) is 18.3 Å². The molecule has 0 radical (unpaired) electrons. The molecular formula is C31H39N3O5S. The van der Waals surface area contributed by atoms with Crippen LogP contribution in [0.1, 0.15) is 42.5 Å². The highest BCUT2D eigenvalue weighted by Gasteiger charge is 2.33. The molecule has 0 aromatic heterocycles. The van der Waals surface area contributed by atoms with Crippen LogP contribution in [-0.2, 0) is 26.2 Å². The minimum Gasteiger partial charge on any atom is -0.497 e. The zero-order valence-electron chi connectivity index (χ0n) is 24.1. The fourth-order valence-electron chi connectivity index (χ4n) is 4.60. The summed E-state index contributed by atoms with van der Waals surface area (Å²) in [4.78, 5) is 28.7. The predicted molar refractivity (Wildman–Crippen MR) is 158 cm³/mol. The second kappa shape index (κ2) is 13.5. The number of carbonyl (C=O) groups is 2. The number of likely N-dealkylation sites (N-methyl/N-ethyl adjacent to an activating group) is 1. The summed E-state index contributed by atoms with van der Waals surface area (Å²) in [6, 6.07) is 18.4. The van der Waals surface area contributed by atoms with E-state index in [0.717, 1.165) is 26.6 Å². The van der Waals surface area contributed by atoms with Crippen LogP contribution >= 0.6 is 0 Å². The third-order valence-corrected chi connectivity index (χ3v) is 8.42. The molecule has 0 unspecified atom stereocenters. The molecule has 214 valence electrons. The lowest BCUT2D eigenvalue weighted by Gasteiger charge is -2.33. The Kier molecular flexibility index (Phi) is 10.3. The van der Waals surface area contributed by atoms with Gasteiger partial charge in [-0.05, 0) is 87.2 Å². The molecule has 3 rings (SSSR count). The second-order valence-corrected chi connectivity index (χ2v) is 11.7. The van der Waals surface area contributed by atoms with E-state index in [1.165, 1.54) is 4.90 Å². The number of nitrogens with zero attached hydrogens (tertiary/aromatic N) is 2. The maximum Gasteiger partial charge on any atom is 0.264 e. The van der Waals surface area contributed by atoms with Gasteiger partial charge in [0, 0.05) is 13.1 Å². The molecule has 0 aliphatic carbocycles. The number of amides is 2. The molecule has 0 bridgehead atoms. The first-order chi connectivity index (χ1) is 19.0. The van der Waals surface area contributed by atoms with E-state index in [-0.39, 0.29) is 17.3 Å². The summed E-state index contributed by atoms with van der Waals surface area (Å²) < 4.78 is 34.4. The number of nitrogens with one attached hydrogen (secondary N) is 1. The van der Waals surface area contributed by atoms with Gasteiger partial charge in [0.15, 0.2) is 0 Å². The predicted octanol–water partition coefficient (Wildman–Crippen LogP) is 4.76. The van der Waals surface area contributed by atoms with Gasteiger partial charge in [0.05, 0.1) is 17.7 Å². The van der Waals surface area contributed by atoms with Crippen molar-refractivity contribution in [3.63, 3.8) is 0 Å². The number of rotatable bonds is 12. The molecule has 1 atom stereocenters. The van der Waals surface area contributed by atoms with Crippen molar-refractivity contribution in [2.45, 2.75) is 58.5 Å². The van der Waals surface area contributed by atoms with Gasteiger partial charge in [-0.1, -0.05) is 42.8 Å². The van der Waals surface area contributed by atoms with Gasteiger partial charge in [-0.25, -0.2) is 8.42 Å². The molecule has 0 heterocycles. The van der Waals surface area contributed by atoms with Gasteiger partial charge >= 0.3 is 0 Å². The lowest BCUT2D eigenvalue weighted by atomic mass is 10.1. The molecular weight excluding hydrogens is 526 g/mol. The van der Waals surface area contributed by atoms with E-state index in [2.05, 4.69) is 5.32 Å². The van der Waals surface area contributed by atoms with Gasteiger partial charge < -0.3 is 15.0 Å². The number of sulfonamides is 1. The largest absolute Gasteiger partial charge is 0.497 e. The van der Waals surface area contributed by atoms with E-state index in [1.807, 2.05) is 52.8 Å². The lowest BCUT2D eigenvalue weighted by molar-refractivity contribution is -0.140. The Labute approximate surface area is 238 Å². The first-order valence-electron chi connectivity index (χ1n) is 13.4. The normalized spacial score (nSPS) is 11.9. The monoisotopic (exact) mass is 565 g/mol. The minimum atomic E-state index is -4.11. The maximum atomic E-state index is 14.1. The summed E-state index contributed by atoms with van der Waals surface area (Å²) in [6.45, 7) is 9.37. The van der Waals surface area contributed by atoms with Crippen molar-refractivity contribution < 1.29 is 22.7 Å². The van der Waals surface area contributed by atoms with Crippen molar-refractivity contribution in [3.8, 4) is 5.75 Å². The van der Waals surface area contributed by atoms with Crippen LogP contribution in [0.15, 0.2) is 71.6 Å². The molecule has 8 nitrogen and oxygen atoms in total. The van der Waals surface area contributed by atoms with Crippen LogP contribution in [0.3, 0.4) is 0 Å². The van der Waals surface area contributed by atoms with Crippen LogP contribution in [0.2, 0.25) is 0 Å². The topological polar surface area (TPSA) is 96.0 Å². The van der Waals surface area contributed by atoms with Crippen LogP contribution < -0.4 is 14.4 Å². The molecule has 1 N–H and O–H groups in total. The zero-order valence-corrected chi connectivity index (χ0v) is 24.9. The van der Waals surface area contributed by atoms with Crippen molar-refractivity contribution in [2.75, 3.05) is 24.5 Å². The standard InChI is InChI=1S/C31H39N3O5S/c1-7-29(31(36)32-8-2)33(20-25-11-13-27(39-6)14-12-25)30(35)21-34(26-18-23(4)17-24(5)19-26)40(37,38)28-15-9-22(3)10-16-28/h9-19,29H,7-8,20-21H2,1-6H3,(H,32,36)/t29-/m0/s1. The number of aryl methyl sites for hydroxylation is 3. The SMILES string of the molecule is CCNC(=O)[C@H](CC)N(Cc1ccc(OC)cc1)C(=O)CN(c1cc(C)cc(C)c1)S(=O)(=O)c1ccc(C)cc1. The first-order valence-corrected chi connectivity index (χ1v) is 14.8. The Morgan fingerprint density at radius 2 is 1.48 bits per heavy atom. The molecule has 0 fully saturated rings. The summed E-state index contributed by atoms with van der Waals surface area (Å²) in [5, 5.41) is 2.81. The zero-order chi connectivity index (χ0) is 29.4. The number of hydrogen-bond donors (Lipinski definition) is 1. The number of anilines is 1. The average Bonchev–Trinajstić information content (AvgIpc) is 2.91. The maximum absolute atomic E-state index is 14.1. The summed E-state index contributed by atoms with van der Waals surface area (Å²) in [7, 11) is -2.54. The summed E-state index contributed by atoms with van der Waals surface area (Å²) >= 11 is 0. The summed E-state index contributed by atoms with van der Waals surface area (Å²) in [6.07, 6.45) is 0.363. The quantitative estimate of drug-likeness (QED) is 0.342. The minimum absolute atomic E-state index is 0.0857. The van der Waals surface area contributed by atoms with Gasteiger partial charge in [0.25, 0.3) is 10.0 Å². The van der Waals surface area contributed by atoms with Crippen LogP contribution in [0, 0.1) is 20.8 Å². The molecule has 0 saturated carbocycles. The van der Waals surface area contributed by atoms with E-state index in [4.69, 9.17) is 4.74 Å². The Hall–Kier alpha value is -3.85. The number of ether oxygens (including phenoxy) is 1. The molecule has 3 aromatic carbocycles. The third-order valence-electron chi connectivity index (χ3n) is 6.63. The lowest BCUT2D eigenvalue weighted by Crippen LogP contribution is -2.52. The van der Waals surface area contributed by atoms with Crippen LogP contribution in [0.5, 0.6) is 5.75 Å². The number of methoxy groups -OCH3 is 1. The smallest absolute Gasteiger partial charge is 0.264 e. The Morgan fingerprint density at radius 1 is 0.875 bits per heavy atom. The highest BCUT2D eigenvalue weighted by atomic mass is 32.2. The number of carbonyl (C=O) groups excluding carboxylic acids is 2. The van der Waals surface area contributed by atoms with E-state index in [1.54, 1.807) is 55.6 Å². The van der Waals surface area contributed by atoms with Crippen LogP contribution in [0.4, 0.5) is 5.69 Å². The van der Waals surface area contributed by atoms with Crippen molar-refractivity contribution in [1.82, 2.24) is 10.2 Å². The van der Waals surface area contributed by atoms with E-state index < -0.39 is 28.5 Å². The third kappa shape index (κ3) is 7.41. The molecule has 0 saturated heterocycles. The van der Waals surface area contributed by atoms with Crippen molar-refractivity contribution in [3.05, 3.63) is 89.0 Å². The van der Waals surface area contributed by atoms with Crippen molar-refractivity contribution >= 4 is 27.5 Å². The Bertz CT molecular complexity index is 1400. The van der Waals surface area contributed by atoms with Crippen LogP contribution in [0.25, 0.3) is 0 Å². The van der Waals surface area contributed by atoms with Gasteiger partial charge in [0.2, 0.25) is 11.8 Å². The van der Waals surface area contributed by atoms with Crippen molar-refractivity contribution in [2.24, 2.45) is 0 Å². The molecule has 40 heavy (non-hydrogen) atoms. The number of hydrogen-bond acceptors (Lipinski definition) is 5. The van der Waals surface area contributed by atoms with E-state index in [0.29, 0.717) is 24.4 Å². The molecule has 3 aromatic rings. The molecule has 9 heteroatoms. The fraction of sp³-hybridized carbons (Fsp3) is 0.355. The molecule has 0 aliphatic rings. The van der Waals surface area contributed by atoms with Crippen molar-refractivity contribution in [1.29, 1.82) is 0 Å². The highest BCUT2D eigenvalue weighted by Crippen LogP contribution is 2.27.